The van der Waals surface area contributed by atoms with Crippen LogP contribution in [-0.4, -0.2) is 40.3 Å². The van der Waals surface area contributed by atoms with Crippen LogP contribution in [0.25, 0.3) is 0 Å². The van der Waals surface area contributed by atoms with Crippen molar-refractivity contribution in [2.45, 2.75) is 57.8 Å². The summed E-state index contributed by atoms with van der Waals surface area (Å²) in [6, 6.07) is 1.65. The van der Waals surface area contributed by atoms with Crippen LogP contribution >= 0.6 is 11.8 Å². The molecule has 1 unspecified atom stereocenters. The zero-order chi connectivity index (χ0) is 19.6. The van der Waals surface area contributed by atoms with Gasteiger partial charge in [0, 0.05) is 11.7 Å². The smallest absolute Gasteiger partial charge is 0.330 e. The van der Waals surface area contributed by atoms with E-state index < -0.39 is 24.7 Å². The molecule has 0 saturated heterocycles. The van der Waals surface area contributed by atoms with Crippen molar-refractivity contribution in [3.63, 3.8) is 0 Å². The summed E-state index contributed by atoms with van der Waals surface area (Å²) in [7, 11) is 0. The van der Waals surface area contributed by atoms with Gasteiger partial charge in [-0.15, -0.1) is 0 Å². The fourth-order valence-electron chi connectivity index (χ4n) is 2.85. The first-order valence-electron chi connectivity index (χ1n) is 8.42. The molecule has 4 nitrogen and oxygen atoms in total. The Morgan fingerprint density at radius 1 is 1.35 bits per heavy atom. The van der Waals surface area contributed by atoms with E-state index in [-0.39, 0.29) is 11.7 Å². The number of amides is 1. The number of aryl methyl sites for hydroxylation is 1. The van der Waals surface area contributed by atoms with E-state index in [0.717, 1.165) is 46.3 Å². The number of pyridine rings is 1. The summed E-state index contributed by atoms with van der Waals surface area (Å²) in [5, 5.41) is 9.76. The number of nitrogens with zero attached hydrogens (tertiary/aromatic N) is 3. The third-order valence-electron chi connectivity index (χ3n) is 4.87. The van der Waals surface area contributed by atoms with Gasteiger partial charge in [-0.25, -0.2) is 4.98 Å². The van der Waals surface area contributed by atoms with Gasteiger partial charge in [0.25, 0.3) is 0 Å². The molecule has 0 N–H and O–H groups in total. The summed E-state index contributed by atoms with van der Waals surface area (Å²) in [6.07, 6.45) is -2.73. The molecule has 1 fully saturated rings. The van der Waals surface area contributed by atoms with E-state index >= 15 is 0 Å². The Kier molecular flexibility index (Phi) is 6.22. The van der Waals surface area contributed by atoms with Gasteiger partial charge >= 0.3 is 6.18 Å². The first-order chi connectivity index (χ1) is 12.0. The molecule has 1 heterocycles. The van der Waals surface area contributed by atoms with Crippen LogP contribution in [0, 0.1) is 38.0 Å². The molecule has 0 radical (unpaired) electrons. The number of hydrogen-bond donors (Lipinski definition) is 0. The van der Waals surface area contributed by atoms with Gasteiger partial charge < -0.3 is 4.90 Å². The fraction of sp³-hybridized carbons (Fsp3) is 0.611. The zero-order valence-corrected chi connectivity index (χ0v) is 16.1. The van der Waals surface area contributed by atoms with Gasteiger partial charge in [-0.05, 0) is 57.6 Å². The van der Waals surface area contributed by atoms with Crippen molar-refractivity contribution in [2.75, 3.05) is 12.3 Å². The highest BCUT2D eigenvalue weighted by Gasteiger charge is 2.40. The zero-order valence-electron chi connectivity index (χ0n) is 15.3. The number of carbonyl (C=O) groups excluding carboxylic acids is 1. The lowest BCUT2D eigenvalue weighted by molar-refractivity contribution is -0.164. The molecule has 1 aliphatic rings. The first kappa shape index (κ1) is 20.6. The molecule has 0 spiro atoms. The van der Waals surface area contributed by atoms with Crippen molar-refractivity contribution in [3.05, 3.63) is 22.4 Å². The molecule has 8 heteroatoms. The summed E-state index contributed by atoms with van der Waals surface area (Å²) in [5.41, 5.74) is 2.81. The monoisotopic (exact) mass is 385 g/mol. The van der Waals surface area contributed by atoms with Gasteiger partial charge in [0.05, 0.1) is 11.3 Å². The van der Waals surface area contributed by atoms with Gasteiger partial charge in [-0.3, -0.25) is 4.79 Å². The SMILES string of the molecule is Cc1nc(SCC(=O)N(CC(F)(F)F)C(C)C2CC2)c(C#N)c(C)c1C. The van der Waals surface area contributed by atoms with Crippen LogP contribution < -0.4 is 0 Å². The Bertz CT molecular complexity index is 739. The predicted octanol–water partition coefficient (Wildman–Crippen LogP) is 4.16. The van der Waals surface area contributed by atoms with E-state index in [0.29, 0.717) is 10.6 Å². The fourth-order valence-corrected chi connectivity index (χ4v) is 3.82. The van der Waals surface area contributed by atoms with Crippen molar-refractivity contribution in [1.29, 1.82) is 5.26 Å². The Balaban J connectivity index is 2.16. The molecular weight excluding hydrogens is 363 g/mol. The molecule has 1 saturated carbocycles. The van der Waals surface area contributed by atoms with Gasteiger partial charge in [-0.1, -0.05) is 11.8 Å². The van der Waals surface area contributed by atoms with Crippen LogP contribution in [0.5, 0.6) is 0 Å². The van der Waals surface area contributed by atoms with Crippen molar-refractivity contribution in [3.8, 4) is 6.07 Å². The van der Waals surface area contributed by atoms with Gasteiger partial charge in [-0.2, -0.15) is 18.4 Å². The summed E-state index contributed by atoms with van der Waals surface area (Å²) >= 11 is 1.03. The normalized spacial score (nSPS) is 15.5. The average molecular weight is 385 g/mol. The van der Waals surface area contributed by atoms with Crippen LogP contribution in [0.4, 0.5) is 13.2 Å². The number of hydrogen-bond acceptors (Lipinski definition) is 4. The molecule has 0 bridgehead atoms. The average Bonchev–Trinajstić information content (AvgIpc) is 3.39. The Morgan fingerprint density at radius 3 is 2.46 bits per heavy atom. The van der Waals surface area contributed by atoms with Crippen LogP contribution in [0.1, 0.15) is 42.1 Å². The number of aromatic nitrogens is 1. The van der Waals surface area contributed by atoms with Gasteiger partial charge in [0.15, 0.2) is 0 Å². The molecule has 142 valence electrons. The Morgan fingerprint density at radius 2 is 1.96 bits per heavy atom. The molecule has 1 amide bonds. The second kappa shape index (κ2) is 7.87. The summed E-state index contributed by atoms with van der Waals surface area (Å²) < 4.78 is 38.7. The molecule has 26 heavy (non-hydrogen) atoms. The molecule has 1 atom stereocenters. The van der Waals surface area contributed by atoms with Crippen molar-refractivity contribution in [1.82, 2.24) is 9.88 Å². The lowest BCUT2D eigenvalue weighted by Crippen LogP contribution is -2.46. The summed E-state index contributed by atoms with van der Waals surface area (Å²) in [4.78, 5) is 17.8. The summed E-state index contributed by atoms with van der Waals surface area (Å²) in [5.74, 6) is -0.604. The number of rotatable bonds is 6. The van der Waals surface area contributed by atoms with Crippen molar-refractivity contribution in [2.24, 2.45) is 5.92 Å². The second-order valence-corrected chi connectivity index (χ2v) is 7.71. The Hall–Kier alpha value is -1.75. The molecule has 1 aromatic heterocycles. The van der Waals surface area contributed by atoms with Crippen LogP contribution in [0.3, 0.4) is 0 Å². The molecule has 1 aromatic rings. The van der Waals surface area contributed by atoms with Gasteiger partial charge in [0.2, 0.25) is 5.91 Å². The molecule has 2 rings (SSSR count). The maximum Gasteiger partial charge on any atom is 0.406 e. The number of alkyl halides is 3. The van der Waals surface area contributed by atoms with E-state index in [1.54, 1.807) is 20.8 Å². The van der Waals surface area contributed by atoms with Crippen molar-refractivity contribution >= 4 is 17.7 Å². The molecule has 0 aliphatic heterocycles. The topological polar surface area (TPSA) is 57.0 Å². The van der Waals surface area contributed by atoms with E-state index in [9.17, 15) is 23.2 Å². The number of nitriles is 1. The van der Waals surface area contributed by atoms with Gasteiger partial charge in [0.1, 0.15) is 17.6 Å². The third-order valence-corrected chi connectivity index (χ3v) is 5.83. The van der Waals surface area contributed by atoms with Crippen LogP contribution in [-0.2, 0) is 4.79 Å². The predicted molar refractivity (Wildman–Crippen MR) is 93.8 cm³/mol. The van der Waals surface area contributed by atoms with Crippen molar-refractivity contribution < 1.29 is 18.0 Å². The minimum atomic E-state index is -4.43. The van der Waals surface area contributed by atoms with Crippen LogP contribution in [0.15, 0.2) is 5.03 Å². The Labute approximate surface area is 155 Å². The maximum atomic E-state index is 12.9. The largest absolute Gasteiger partial charge is 0.406 e. The second-order valence-electron chi connectivity index (χ2n) is 6.74. The quantitative estimate of drug-likeness (QED) is 0.690. The third kappa shape index (κ3) is 4.91. The highest BCUT2D eigenvalue weighted by Crippen LogP contribution is 2.36. The highest BCUT2D eigenvalue weighted by molar-refractivity contribution is 8.00. The lowest BCUT2D eigenvalue weighted by Gasteiger charge is -2.30. The molecular formula is C18H22F3N3OS. The number of halogens is 3. The van der Waals surface area contributed by atoms with Crippen LogP contribution in [0.2, 0.25) is 0 Å². The number of carbonyl (C=O) groups is 1. The van der Waals surface area contributed by atoms with E-state index in [1.807, 2.05) is 6.92 Å². The standard InChI is InChI=1S/C18H22F3N3OS/c1-10-11(2)15(7-22)17(23-12(10)3)26-8-16(25)24(9-18(19,20)21)13(4)14-5-6-14/h13-14H,5-6,8-9H2,1-4H3. The maximum absolute atomic E-state index is 12.9. The summed E-state index contributed by atoms with van der Waals surface area (Å²) in [6.45, 7) is 5.90. The minimum absolute atomic E-state index is 0.142. The van der Waals surface area contributed by atoms with E-state index in [1.165, 1.54) is 0 Å². The number of thioether (sulfide) groups is 1. The lowest BCUT2D eigenvalue weighted by atomic mass is 10.1. The highest BCUT2D eigenvalue weighted by atomic mass is 32.2. The molecule has 0 aromatic carbocycles. The van der Waals surface area contributed by atoms with E-state index in [2.05, 4.69) is 11.1 Å². The first-order valence-corrected chi connectivity index (χ1v) is 9.40. The molecule has 1 aliphatic carbocycles. The minimum Gasteiger partial charge on any atom is -0.330 e. The van der Waals surface area contributed by atoms with E-state index in [4.69, 9.17) is 0 Å².